The summed E-state index contributed by atoms with van der Waals surface area (Å²) in [7, 11) is 1.51. The van der Waals surface area contributed by atoms with E-state index in [1.165, 1.54) is 13.5 Å². The Bertz CT molecular complexity index is 173. The number of rotatable bonds is 4. The van der Waals surface area contributed by atoms with Gasteiger partial charge in [0.05, 0.1) is 0 Å². The third-order valence-electron chi connectivity index (χ3n) is 2.55. The van der Waals surface area contributed by atoms with E-state index < -0.39 is 0 Å². The highest BCUT2D eigenvalue weighted by Crippen LogP contribution is 2.22. The summed E-state index contributed by atoms with van der Waals surface area (Å²) in [4.78, 5) is 11.0. The van der Waals surface area contributed by atoms with Crippen molar-refractivity contribution >= 4 is 5.91 Å². The summed E-state index contributed by atoms with van der Waals surface area (Å²) in [5.41, 5.74) is 5.86. The molecule has 1 amide bonds. The first-order valence-corrected chi connectivity index (χ1v) is 4.75. The maximum absolute atomic E-state index is 11.0. The molecule has 0 aromatic rings. The summed E-state index contributed by atoms with van der Waals surface area (Å²) in [5.74, 6) is 0.405. The number of nitrogens with one attached hydrogen (secondary N) is 1. The Morgan fingerprint density at radius 3 is 2.92 bits per heavy atom. The van der Waals surface area contributed by atoms with Crippen LogP contribution in [-0.2, 0) is 9.53 Å². The smallest absolute Gasteiger partial charge is 0.245 e. The normalized spacial score (nSPS) is 27.5. The van der Waals surface area contributed by atoms with Crippen molar-refractivity contribution in [2.24, 2.45) is 11.7 Å². The van der Waals surface area contributed by atoms with Crippen molar-refractivity contribution < 1.29 is 9.53 Å². The van der Waals surface area contributed by atoms with Gasteiger partial charge in [-0.25, -0.2) is 0 Å². The molecule has 0 aromatic carbocycles. The number of carbonyl (C=O) groups is 1. The molecule has 3 N–H and O–H groups in total. The molecule has 76 valence electrons. The quantitative estimate of drug-likeness (QED) is 0.643. The number of hydrogen-bond donors (Lipinski definition) is 2. The van der Waals surface area contributed by atoms with Crippen molar-refractivity contribution in [2.75, 3.05) is 20.3 Å². The lowest BCUT2D eigenvalue weighted by Crippen LogP contribution is -2.37. The minimum atomic E-state index is -0.0541. The molecule has 1 fully saturated rings. The number of methoxy groups -OCH3 is 1. The average molecular weight is 186 g/mol. The molecule has 2 unspecified atom stereocenters. The van der Waals surface area contributed by atoms with Gasteiger partial charge in [-0.2, -0.15) is 0 Å². The number of carbonyl (C=O) groups excluding carboxylic acids is 1. The zero-order valence-electron chi connectivity index (χ0n) is 8.08. The summed E-state index contributed by atoms with van der Waals surface area (Å²) >= 11 is 0. The van der Waals surface area contributed by atoms with Crippen LogP contribution < -0.4 is 11.1 Å². The van der Waals surface area contributed by atoms with Gasteiger partial charge in [0.2, 0.25) is 5.91 Å². The predicted molar refractivity (Wildman–Crippen MR) is 50.2 cm³/mol. The fourth-order valence-corrected chi connectivity index (χ4v) is 1.75. The van der Waals surface area contributed by atoms with Crippen molar-refractivity contribution in [3.8, 4) is 0 Å². The van der Waals surface area contributed by atoms with Crippen LogP contribution in [0.3, 0.4) is 0 Å². The number of ether oxygens (including phenoxy) is 1. The number of amides is 1. The molecule has 0 saturated heterocycles. The topological polar surface area (TPSA) is 64.3 Å². The molecular weight excluding hydrogens is 168 g/mol. The van der Waals surface area contributed by atoms with Crippen LogP contribution in [0.25, 0.3) is 0 Å². The van der Waals surface area contributed by atoms with Crippen LogP contribution in [0.4, 0.5) is 0 Å². The SMILES string of the molecule is COCC(=O)NCC1CCCC1N. The summed E-state index contributed by atoms with van der Waals surface area (Å²) in [6.45, 7) is 0.839. The van der Waals surface area contributed by atoms with E-state index in [-0.39, 0.29) is 18.6 Å². The Hall–Kier alpha value is -0.610. The lowest BCUT2D eigenvalue weighted by atomic mass is 10.1. The molecule has 0 spiro atoms. The van der Waals surface area contributed by atoms with Gasteiger partial charge >= 0.3 is 0 Å². The molecule has 0 bridgehead atoms. The molecule has 1 aliphatic rings. The van der Waals surface area contributed by atoms with Crippen LogP contribution in [0, 0.1) is 5.92 Å². The second-order valence-electron chi connectivity index (χ2n) is 3.59. The maximum Gasteiger partial charge on any atom is 0.245 e. The molecule has 0 aliphatic heterocycles. The largest absolute Gasteiger partial charge is 0.375 e. The molecule has 4 heteroatoms. The summed E-state index contributed by atoms with van der Waals surface area (Å²) in [5, 5.41) is 2.81. The van der Waals surface area contributed by atoms with Gasteiger partial charge in [0.1, 0.15) is 6.61 Å². The molecule has 1 saturated carbocycles. The first kappa shape index (κ1) is 10.5. The highest BCUT2D eigenvalue weighted by molar-refractivity contribution is 5.77. The monoisotopic (exact) mass is 186 g/mol. The van der Waals surface area contributed by atoms with Crippen LogP contribution in [-0.4, -0.2) is 32.2 Å². The van der Waals surface area contributed by atoms with E-state index >= 15 is 0 Å². The van der Waals surface area contributed by atoms with E-state index in [0.717, 1.165) is 12.8 Å². The van der Waals surface area contributed by atoms with Crippen molar-refractivity contribution in [3.63, 3.8) is 0 Å². The average Bonchev–Trinajstić information content (AvgIpc) is 2.48. The molecule has 0 heterocycles. The van der Waals surface area contributed by atoms with Gasteiger partial charge in [0, 0.05) is 19.7 Å². The van der Waals surface area contributed by atoms with E-state index in [2.05, 4.69) is 5.32 Å². The molecule has 2 atom stereocenters. The molecule has 0 radical (unpaired) electrons. The molecule has 0 aromatic heterocycles. The van der Waals surface area contributed by atoms with E-state index in [1.54, 1.807) is 0 Å². The fraction of sp³-hybridized carbons (Fsp3) is 0.889. The minimum Gasteiger partial charge on any atom is -0.375 e. The zero-order valence-corrected chi connectivity index (χ0v) is 8.08. The lowest BCUT2D eigenvalue weighted by molar-refractivity contribution is -0.124. The van der Waals surface area contributed by atoms with Crippen molar-refractivity contribution in [2.45, 2.75) is 25.3 Å². The van der Waals surface area contributed by atoms with Gasteiger partial charge in [0.25, 0.3) is 0 Å². The molecule has 1 aliphatic carbocycles. The third-order valence-corrected chi connectivity index (χ3v) is 2.55. The van der Waals surface area contributed by atoms with Gasteiger partial charge < -0.3 is 15.8 Å². The first-order chi connectivity index (χ1) is 6.24. The Labute approximate surface area is 78.8 Å². The number of nitrogens with two attached hydrogens (primary N) is 1. The van der Waals surface area contributed by atoms with Gasteiger partial charge in [-0.05, 0) is 18.8 Å². The molecule has 13 heavy (non-hydrogen) atoms. The van der Waals surface area contributed by atoms with E-state index in [0.29, 0.717) is 12.5 Å². The zero-order chi connectivity index (χ0) is 9.68. The van der Waals surface area contributed by atoms with Crippen molar-refractivity contribution in [1.82, 2.24) is 5.32 Å². The molecular formula is C9H18N2O2. The van der Waals surface area contributed by atoms with Crippen LogP contribution in [0.5, 0.6) is 0 Å². The molecule has 1 rings (SSSR count). The van der Waals surface area contributed by atoms with E-state index in [1.807, 2.05) is 0 Å². The Kier molecular flexibility index (Phi) is 4.18. The fourth-order valence-electron chi connectivity index (χ4n) is 1.75. The summed E-state index contributed by atoms with van der Waals surface area (Å²) in [6, 6.07) is 0.267. The minimum absolute atomic E-state index is 0.0541. The van der Waals surface area contributed by atoms with Crippen molar-refractivity contribution in [3.05, 3.63) is 0 Å². The highest BCUT2D eigenvalue weighted by Gasteiger charge is 2.23. The Morgan fingerprint density at radius 1 is 1.62 bits per heavy atom. The van der Waals surface area contributed by atoms with Crippen LogP contribution in [0.2, 0.25) is 0 Å². The van der Waals surface area contributed by atoms with Crippen LogP contribution in [0.1, 0.15) is 19.3 Å². The third kappa shape index (κ3) is 3.32. The maximum atomic E-state index is 11.0. The lowest BCUT2D eigenvalue weighted by Gasteiger charge is -2.15. The van der Waals surface area contributed by atoms with Gasteiger partial charge in [0.15, 0.2) is 0 Å². The Balaban J connectivity index is 2.14. The highest BCUT2D eigenvalue weighted by atomic mass is 16.5. The van der Waals surface area contributed by atoms with Gasteiger partial charge in [-0.15, -0.1) is 0 Å². The summed E-state index contributed by atoms with van der Waals surface area (Å²) in [6.07, 6.45) is 3.41. The second-order valence-corrected chi connectivity index (χ2v) is 3.59. The number of hydrogen-bond acceptors (Lipinski definition) is 3. The molecule has 4 nitrogen and oxygen atoms in total. The summed E-state index contributed by atoms with van der Waals surface area (Å²) < 4.78 is 4.70. The standard InChI is InChI=1S/C9H18N2O2/c1-13-6-9(12)11-5-7-3-2-4-8(7)10/h7-8H,2-6,10H2,1H3,(H,11,12). The predicted octanol–water partition coefficient (Wildman–Crippen LogP) is -0.124. The van der Waals surface area contributed by atoms with Crippen LogP contribution >= 0.6 is 0 Å². The second kappa shape index (κ2) is 5.19. The Morgan fingerprint density at radius 2 is 2.38 bits per heavy atom. The first-order valence-electron chi connectivity index (χ1n) is 4.75. The van der Waals surface area contributed by atoms with E-state index in [4.69, 9.17) is 10.5 Å². The van der Waals surface area contributed by atoms with Gasteiger partial charge in [-0.3, -0.25) is 4.79 Å². The van der Waals surface area contributed by atoms with E-state index in [9.17, 15) is 4.79 Å². The van der Waals surface area contributed by atoms with Gasteiger partial charge in [-0.1, -0.05) is 6.42 Å². The van der Waals surface area contributed by atoms with Crippen LogP contribution in [0.15, 0.2) is 0 Å². The van der Waals surface area contributed by atoms with Crippen molar-refractivity contribution in [1.29, 1.82) is 0 Å².